The summed E-state index contributed by atoms with van der Waals surface area (Å²) < 4.78 is 13.3. The molecular weight excluding hydrogens is 327 g/mol. The van der Waals surface area contributed by atoms with E-state index in [1.807, 2.05) is 0 Å². The summed E-state index contributed by atoms with van der Waals surface area (Å²) in [6.07, 6.45) is 0. The highest BCUT2D eigenvalue weighted by atomic mass is 79.9. The zero-order valence-electron chi connectivity index (χ0n) is 10.2. The third-order valence-corrected chi connectivity index (χ3v) is 3.19. The normalized spacial score (nSPS) is 10.1. The van der Waals surface area contributed by atoms with Gasteiger partial charge in [-0.3, -0.25) is 9.59 Å². The number of anilines is 1. The molecule has 102 valence electrons. The van der Waals surface area contributed by atoms with Crippen LogP contribution in [0, 0.1) is 5.82 Å². The average Bonchev–Trinajstić information content (AvgIpc) is 2.42. The fourth-order valence-electron chi connectivity index (χ4n) is 1.59. The molecule has 0 aliphatic rings. The Balaban J connectivity index is 2.21. The summed E-state index contributed by atoms with van der Waals surface area (Å²) in [5.41, 5.74) is 6.19. The van der Waals surface area contributed by atoms with Crippen molar-refractivity contribution in [2.75, 3.05) is 5.32 Å². The number of hydrogen-bond acceptors (Lipinski definition) is 2. The van der Waals surface area contributed by atoms with Gasteiger partial charge in [0.15, 0.2) is 0 Å². The second-order valence-electron chi connectivity index (χ2n) is 4.03. The predicted octanol–water partition coefficient (Wildman–Crippen LogP) is 2.94. The van der Waals surface area contributed by atoms with Gasteiger partial charge in [0.2, 0.25) is 5.91 Å². The van der Waals surface area contributed by atoms with E-state index in [0.29, 0.717) is 16.8 Å². The van der Waals surface area contributed by atoms with E-state index in [9.17, 15) is 14.0 Å². The number of carbonyl (C=O) groups excluding carboxylic acids is 2. The Hall–Kier alpha value is -2.21. The summed E-state index contributed by atoms with van der Waals surface area (Å²) in [4.78, 5) is 23.0. The van der Waals surface area contributed by atoms with Crippen LogP contribution in [0.2, 0.25) is 0 Å². The second kappa shape index (κ2) is 5.83. The van der Waals surface area contributed by atoms with Crippen LogP contribution in [0.25, 0.3) is 0 Å². The maximum Gasteiger partial charge on any atom is 0.255 e. The van der Waals surface area contributed by atoms with Crippen molar-refractivity contribution in [3.8, 4) is 0 Å². The summed E-state index contributed by atoms with van der Waals surface area (Å²) in [6.45, 7) is 0. The Morgan fingerprint density at radius 2 is 1.85 bits per heavy atom. The van der Waals surface area contributed by atoms with Gasteiger partial charge in [-0.2, -0.15) is 0 Å². The number of benzene rings is 2. The van der Waals surface area contributed by atoms with Crippen molar-refractivity contribution in [1.29, 1.82) is 0 Å². The number of nitrogens with two attached hydrogens (primary N) is 1. The van der Waals surface area contributed by atoms with Crippen LogP contribution < -0.4 is 11.1 Å². The first-order valence-electron chi connectivity index (χ1n) is 5.63. The topological polar surface area (TPSA) is 72.2 Å². The van der Waals surface area contributed by atoms with Gasteiger partial charge in [0.05, 0.1) is 4.47 Å². The van der Waals surface area contributed by atoms with Crippen molar-refractivity contribution < 1.29 is 14.0 Å². The van der Waals surface area contributed by atoms with E-state index >= 15 is 0 Å². The quantitative estimate of drug-likeness (QED) is 0.904. The van der Waals surface area contributed by atoms with Gasteiger partial charge in [0.1, 0.15) is 5.82 Å². The van der Waals surface area contributed by atoms with E-state index < -0.39 is 17.6 Å². The molecule has 3 N–H and O–H groups in total. The monoisotopic (exact) mass is 336 g/mol. The summed E-state index contributed by atoms with van der Waals surface area (Å²) >= 11 is 3.01. The molecule has 0 saturated carbocycles. The molecule has 0 unspecified atom stereocenters. The molecule has 0 heterocycles. The zero-order chi connectivity index (χ0) is 14.7. The smallest absolute Gasteiger partial charge is 0.255 e. The zero-order valence-corrected chi connectivity index (χ0v) is 11.8. The van der Waals surface area contributed by atoms with Crippen molar-refractivity contribution in [2.45, 2.75) is 0 Å². The number of halogens is 2. The van der Waals surface area contributed by atoms with Gasteiger partial charge in [-0.15, -0.1) is 0 Å². The molecule has 0 aliphatic heterocycles. The fraction of sp³-hybridized carbons (Fsp3) is 0. The molecule has 0 aliphatic carbocycles. The number of amides is 2. The van der Waals surface area contributed by atoms with Crippen LogP contribution >= 0.6 is 15.9 Å². The summed E-state index contributed by atoms with van der Waals surface area (Å²) in [5.74, 6) is -1.43. The molecule has 0 saturated heterocycles. The minimum Gasteiger partial charge on any atom is -0.366 e. The SMILES string of the molecule is NC(=O)c1cccc(NC(=O)c2ccc(F)c(Br)c2)c1. The molecule has 2 aromatic carbocycles. The predicted molar refractivity (Wildman–Crippen MR) is 77.0 cm³/mol. The van der Waals surface area contributed by atoms with Crippen LogP contribution in [-0.2, 0) is 0 Å². The Labute approximate surface area is 122 Å². The molecule has 2 aromatic rings. The molecule has 6 heteroatoms. The number of hydrogen-bond donors (Lipinski definition) is 2. The third-order valence-electron chi connectivity index (χ3n) is 2.59. The molecule has 0 bridgehead atoms. The first kappa shape index (κ1) is 14.2. The Bertz CT molecular complexity index is 689. The average molecular weight is 337 g/mol. The van der Waals surface area contributed by atoms with Gasteiger partial charge in [-0.05, 0) is 52.3 Å². The van der Waals surface area contributed by atoms with E-state index in [4.69, 9.17) is 5.73 Å². The first-order chi connectivity index (χ1) is 9.47. The van der Waals surface area contributed by atoms with Crippen LogP contribution in [0.3, 0.4) is 0 Å². The Morgan fingerprint density at radius 1 is 1.10 bits per heavy atom. The van der Waals surface area contributed by atoms with Gasteiger partial charge < -0.3 is 11.1 Å². The largest absolute Gasteiger partial charge is 0.366 e. The first-order valence-corrected chi connectivity index (χ1v) is 6.43. The lowest BCUT2D eigenvalue weighted by Crippen LogP contribution is -2.14. The van der Waals surface area contributed by atoms with Crippen LogP contribution in [0.1, 0.15) is 20.7 Å². The van der Waals surface area contributed by atoms with Crippen molar-refractivity contribution in [3.05, 3.63) is 63.9 Å². The summed E-state index contributed by atoms with van der Waals surface area (Å²) in [7, 11) is 0. The van der Waals surface area contributed by atoms with E-state index in [0.717, 1.165) is 0 Å². The van der Waals surface area contributed by atoms with Gasteiger partial charge in [-0.25, -0.2) is 4.39 Å². The highest BCUT2D eigenvalue weighted by Gasteiger charge is 2.09. The summed E-state index contributed by atoms with van der Waals surface area (Å²) in [5, 5.41) is 2.61. The molecule has 20 heavy (non-hydrogen) atoms. The van der Waals surface area contributed by atoms with Gasteiger partial charge >= 0.3 is 0 Å². The molecule has 0 aromatic heterocycles. The van der Waals surface area contributed by atoms with Crippen molar-refractivity contribution in [1.82, 2.24) is 0 Å². The van der Waals surface area contributed by atoms with E-state index in [2.05, 4.69) is 21.2 Å². The Morgan fingerprint density at radius 3 is 2.50 bits per heavy atom. The number of carbonyl (C=O) groups is 2. The lowest BCUT2D eigenvalue weighted by atomic mass is 10.1. The molecule has 0 atom stereocenters. The molecule has 0 radical (unpaired) electrons. The van der Waals surface area contributed by atoms with E-state index in [1.165, 1.54) is 24.3 Å². The molecule has 0 spiro atoms. The number of rotatable bonds is 3. The number of primary amides is 1. The van der Waals surface area contributed by atoms with Gasteiger partial charge in [-0.1, -0.05) is 6.07 Å². The van der Waals surface area contributed by atoms with Crippen LogP contribution in [0.5, 0.6) is 0 Å². The third kappa shape index (κ3) is 3.21. The van der Waals surface area contributed by atoms with Crippen molar-refractivity contribution >= 4 is 33.4 Å². The van der Waals surface area contributed by atoms with Crippen LogP contribution in [0.15, 0.2) is 46.9 Å². The maximum atomic E-state index is 13.1. The highest BCUT2D eigenvalue weighted by molar-refractivity contribution is 9.10. The van der Waals surface area contributed by atoms with Crippen LogP contribution in [-0.4, -0.2) is 11.8 Å². The summed E-state index contributed by atoms with van der Waals surface area (Å²) in [6, 6.07) is 10.2. The lowest BCUT2D eigenvalue weighted by molar-refractivity contribution is 0.0996. The second-order valence-corrected chi connectivity index (χ2v) is 4.88. The molecule has 4 nitrogen and oxygen atoms in total. The lowest BCUT2D eigenvalue weighted by Gasteiger charge is -2.07. The highest BCUT2D eigenvalue weighted by Crippen LogP contribution is 2.18. The Kier molecular flexibility index (Phi) is 4.14. The van der Waals surface area contributed by atoms with Gasteiger partial charge in [0.25, 0.3) is 5.91 Å². The van der Waals surface area contributed by atoms with Crippen LogP contribution in [0.4, 0.5) is 10.1 Å². The molecule has 0 fully saturated rings. The fourth-order valence-corrected chi connectivity index (χ4v) is 1.97. The minimum absolute atomic E-state index is 0.205. The molecule has 2 amide bonds. The maximum absolute atomic E-state index is 13.1. The van der Waals surface area contributed by atoms with E-state index in [-0.39, 0.29) is 4.47 Å². The minimum atomic E-state index is -0.578. The van der Waals surface area contributed by atoms with E-state index in [1.54, 1.807) is 18.2 Å². The number of nitrogens with one attached hydrogen (secondary N) is 1. The van der Waals surface area contributed by atoms with Crippen molar-refractivity contribution in [3.63, 3.8) is 0 Å². The molecular formula is C14H10BrFN2O2. The molecule has 2 rings (SSSR count). The van der Waals surface area contributed by atoms with Gasteiger partial charge in [0, 0.05) is 16.8 Å². The standard InChI is InChI=1S/C14H10BrFN2O2/c15-11-7-9(4-5-12(11)16)14(20)18-10-3-1-2-8(6-10)13(17)19/h1-7H,(H2,17,19)(H,18,20). The van der Waals surface area contributed by atoms with Crippen molar-refractivity contribution in [2.24, 2.45) is 5.73 Å².